The number of nitrogens with one attached hydrogen (secondary N) is 1. The van der Waals surface area contributed by atoms with E-state index in [9.17, 15) is 9.90 Å². The van der Waals surface area contributed by atoms with Crippen LogP contribution in [-0.2, 0) is 11.3 Å². The molecule has 0 spiro atoms. The Morgan fingerprint density at radius 1 is 1.17 bits per heavy atom. The van der Waals surface area contributed by atoms with Crippen molar-refractivity contribution >= 4 is 23.3 Å². The van der Waals surface area contributed by atoms with Crippen LogP contribution in [0.2, 0.25) is 5.02 Å². The zero-order valence-corrected chi connectivity index (χ0v) is 13.9. The average molecular weight is 334 g/mol. The molecule has 0 aliphatic heterocycles. The van der Waals surface area contributed by atoms with Crippen molar-refractivity contribution in [3.63, 3.8) is 0 Å². The van der Waals surface area contributed by atoms with Gasteiger partial charge in [-0.1, -0.05) is 30.7 Å². The Morgan fingerprint density at radius 2 is 1.78 bits per heavy atom. The van der Waals surface area contributed by atoms with Crippen molar-refractivity contribution in [2.45, 2.75) is 32.4 Å². The lowest BCUT2D eigenvalue weighted by Crippen LogP contribution is -2.40. The number of halogens is 1. The third-order valence-corrected chi connectivity index (χ3v) is 3.99. The largest absolute Gasteiger partial charge is 0.478 e. The topological polar surface area (TPSA) is 58.6 Å². The van der Waals surface area contributed by atoms with Crippen molar-refractivity contribution in [2.24, 2.45) is 0 Å². The van der Waals surface area contributed by atoms with Crippen molar-refractivity contribution in [3.05, 3.63) is 59.1 Å². The summed E-state index contributed by atoms with van der Waals surface area (Å²) in [7, 11) is 0. The number of benzene rings is 2. The molecule has 5 heteroatoms. The maximum atomic E-state index is 11.3. The molecule has 0 saturated heterocycles. The molecule has 2 rings (SSSR count). The van der Waals surface area contributed by atoms with Gasteiger partial charge in [0.2, 0.25) is 5.60 Å². The van der Waals surface area contributed by atoms with Crippen LogP contribution in [0.4, 0.5) is 5.69 Å². The van der Waals surface area contributed by atoms with E-state index < -0.39 is 11.6 Å². The minimum atomic E-state index is -1.21. The molecule has 1 unspecified atom stereocenters. The van der Waals surface area contributed by atoms with Gasteiger partial charge in [-0.05, 0) is 55.3 Å². The van der Waals surface area contributed by atoms with E-state index in [1.165, 1.54) is 0 Å². The van der Waals surface area contributed by atoms with E-state index in [1.807, 2.05) is 36.4 Å². The van der Waals surface area contributed by atoms with Crippen molar-refractivity contribution < 1.29 is 14.6 Å². The third-order valence-electron chi connectivity index (χ3n) is 3.73. The normalized spacial score (nSPS) is 13.2. The summed E-state index contributed by atoms with van der Waals surface area (Å²) in [4.78, 5) is 11.3. The second kappa shape index (κ2) is 7.38. The van der Waals surface area contributed by atoms with Crippen molar-refractivity contribution in [1.29, 1.82) is 0 Å². The Morgan fingerprint density at radius 3 is 2.30 bits per heavy atom. The maximum absolute atomic E-state index is 11.3. The number of hydrogen-bond acceptors (Lipinski definition) is 3. The zero-order chi connectivity index (χ0) is 16.9. The second-order valence-corrected chi connectivity index (χ2v) is 5.93. The molecule has 2 aromatic rings. The van der Waals surface area contributed by atoms with Gasteiger partial charge < -0.3 is 15.2 Å². The van der Waals surface area contributed by atoms with Crippen molar-refractivity contribution in [2.75, 3.05) is 5.32 Å². The van der Waals surface area contributed by atoms with Gasteiger partial charge in [-0.15, -0.1) is 0 Å². The molecule has 0 aromatic heterocycles. The smallest absolute Gasteiger partial charge is 0.347 e. The molecule has 2 aromatic carbocycles. The van der Waals surface area contributed by atoms with Gasteiger partial charge in [0.25, 0.3) is 0 Å². The molecule has 23 heavy (non-hydrogen) atoms. The fraction of sp³-hybridized carbons (Fsp3) is 0.278. The molecule has 2 N–H and O–H groups in total. The van der Waals surface area contributed by atoms with Gasteiger partial charge in [-0.25, -0.2) is 4.79 Å². The monoisotopic (exact) mass is 333 g/mol. The molecule has 122 valence electrons. The molecule has 0 saturated carbocycles. The fourth-order valence-corrected chi connectivity index (χ4v) is 2.10. The van der Waals surface area contributed by atoms with E-state index in [4.69, 9.17) is 16.3 Å². The predicted molar refractivity (Wildman–Crippen MR) is 92.2 cm³/mol. The van der Waals surface area contributed by atoms with Crippen LogP contribution in [0, 0.1) is 0 Å². The molecular weight excluding hydrogens is 314 g/mol. The van der Waals surface area contributed by atoms with E-state index in [0.29, 0.717) is 23.7 Å². The van der Waals surface area contributed by atoms with Gasteiger partial charge in [-0.2, -0.15) is 0 Å². The van der Waals surface area contributed by atoms with Crippen LogP contribution in [0.1, 0.15) is 25.8 Å². The molecule has 0 radical (unpaired) electrons. The molecule has 0 fully saturated rings. The summed E-state index contributed by atoms with van der Waals surface area (Å²) in [6.07, 6.45) is 0.391. The van der Waals surface area contributed by atoms with Crippen molar-refractivity contribution in [1.82, 2.24) is 0 Å². The number of carboxylic acids is 1. The van der Waals surface area contributed by atoms with E-state index in [1.54, 1.807) is 26.0 Å². The van der Waals surface area contributed by atoms with Crippen molar-refractivity contribution in [3.8, 4) is 5.75 Å². The summed E-state index contributed by atoms with van der Waals surface area (Å²) in [6, 6.07) is 14.9. The standard InChI is InChI=1S/C18H20ClNO3/c1-3-18(2,17(21)22)23-16-10-4-13(5-11-16)12-20-15-8-6-14(19)7-9-15/h4-11,20H,3,12H2,1-2H3,(H,21,22). The Kier molecular flexibility index (Phi) is 5.50. The summed E-state index contributed by atoms with van der Waals surface area (Å²) < 4.78 is 5.61. The SMILES string of the molecule is CCC(C)(Oc1ccc(CNc2ccc(Cl)cc2)cc1)C(=O)O. The lowest BCUT2D eigenvalue weighted by Gasteiger charge is -2.24. The number of aliphatic carboxylic acids is 1. The van der Waals surface area contributed by atoms with E-state index in [2.05, 4.69) is 5.32 Å². The molecular formula is C18H20ClNO3. The van der Waals surface area contributed by atoms with Crippen LogP contribution in [0.3, 0.4) is 0 Å². The quantitative estimate of drug-likeness (QED) is 0.778. The first-order valence-electron chi connectivity index (χ1n) is 7.44. The van der Waals surface area contributed by atoms with Crippen LogP contribution in [0.25, 0.3) is 0 Å². The predicted octanol–water partition coefficient (Wildman–Crippen LogP) is 4.58. The maximum Gasteiger partial charge on any atom is 0.347 e. The number of rotatable bonds is 7. The number of carboxylic acid groups (broad SMARTS) is 1. The molecule has 1 atom stereocenters. The molecule has 0 aliphatic carbocycles. The highest BCUT2D eigenvalue weighted by Gasteiger charge is 2.33. The molecule has 0 amide bonds. The Labute approximate surface area is 141 Å². The van der Waals surface area contributed by atoms with E-state index >= 15 is 0 Å². The van der Waals surface area contributed by atoms with Crippen LogP contribution in [0.15, 0.2) is 48.5 Å². The van der Waals surface area contributed by atoms with Crippen LogP contribution >= 0.6 is 11.6 Å². The number of anilines is 1. The molecule has 0 heterocycles. The van der Waals surface area contributed by atoms with Crippen LogP contribution < -0.4 is 10.1 Å². The summed E-state index contributed by atoms with van der Waals surface area (Å²) in [5.41, 5.74) is 0.850. The number of hydrogen-bond donors (Lipinski definition) is 2. The Bertz CT molecular complexity index is 655. The van der Waals surface area contributed by atoms with Gasteiger partial charge in [0.15, 0.2) is 0 Å². The minimum Gasteiger partial charge on any atom is -0.478 e. The highest BCUT2D eigenvalue weighted by atomic mass is 35.5. The molecule has 0 aliphatic rings. The van der Waals surface area contributed by atoms with Crippen LogP contribution in [-0.4, -0.2) is 16.7 Å². The van der Waals surface area contributed by atoms with Gasteiger partial charge >= 0.3 is 5.97 Å². The summed E-state index contributed by atoms with van der Waals surface area (Å²) in [6.45, 7) is 4.02. The third kappa shape index (κ3) is 4.63. The first-order chi connectivity index (χ1) is 10.9. The lowest BCUT2D eigenvalue weighted by molar-refractivity contribution is -0.154. The minimum absolute atomic E-state index is 0.391. The first-order valence-corrected chi connectivity index (χ1v) is 7.81. The summed E-state index contributed by atoms with van der Waals surface area (Å²) >= 11 is 5.85. The van der Waals surface area contributed by atoms with Gasteiger partial charge in [0.05, 0.1) is 0 Å². The Hall–Kier alpha value is -2.20. The average Bonchev–Trinajstić information content (AvgIpc) is 2.55. The van der Waals surface area contributed by atoms with E-state index in [0.717, 1.165) is 11.3 Å². The highest BCUT2D eigenvalue weighted by molar-refractivity contribution is 6.30. The van der Waals surface area contributed by atoms with Gasteiger partial charge in [0.1, 0.15) is 5.75 Å². The van der Waals surface area contributed by atoms with Crippen LogP contribution in [0.5, 0.6) is 5.75 Å². The molecule has 0 bridgehead atoms. The molecule has 4 nitrogen and oxygen atoms in total. The number of ether oxygens (including phenoxy) is 1. The summed E-state index contributed by atoms with van der Waals surface area (Å²) in [5, 5.41) is 13.2. The highest BCUT2D eigenvalue weighted by Crippen LogP contribution is 2.22. The van der Waals surface area contributed by atoms with E-state index in [-0.39, 0.29) is 0 Å². The zero-order valence-electron chi connectivity index (χ0n) is 13.2. The fourth-order valence-electron chi connectivity index (χ4n) is 1.97. The first kappa shape index (κ1) is 17.2. The van der Waals surface area contributed by atoms with Gasteiger partial charge in [-0.3, -0.25) is 0 Å². The van der Waals surface area contributed by atoms with Gasteiger partial charge in [0, 0.05) is 17.3 Å². The Balaban J connectivity index is 1.96. The summed E-state index contributed by atoms with van der Waals surface area (Å²) in [5.74, 6) is -0.416. The number of carbonyl (C=O) groups is 1. The lowest BCUT2D eigenvalue weighted by atomic mass is 10.0. The second-order valence-electron chi connectivity index (χ2n) is 5.50.